The predicted octanol–water partition coefficient (Wildman–Crippen LogP) is 1.08. The monoisotopic (exact) mass is 346 g/mol. The van der Waals surface area contributed by atoms with Crippen LogP contribution >= 0.6 is 11.6 Å². The number of carboxylic acid groups (broad SMARTS) is 1. The third-order valence-electron chi connectivity index (χ3n) is 3.08. The number of carbonyl (C=O) groups is 1. The highest BCUT2D eigenvalue weighted by atomic mass is 35.5. The fourth-order valence-electron chi connectivity index (χ4n) is 1.85. The van der Waals surface area contributed by atoms with E-state index in [4.69, 9.17) is 16.7 Å². The maximum absolute atomic E-state index is 12.3. The van der Waals surface area contributed by atoms with Gasteiger partial charge in [-0.1, -0.05) is 25.4 Å². The molecule has 2 aromatic heterocycles. The summed E-state index contributed by atoms with van der Waals surface area (Å²) in [4.78, 5) is 14.9. The van der Waals surface area contributed by atoms with Gasteiger partial charge in [-0.05, 0) is 12.8 Å². The topological polar surface area (TPSA) is 114 Å². The van der Waals surface area contributed by atoms with Gasteiger partial charge in [0.1, 0.15) is 16.0 Å². The third-order valence-corrected chi connectivity index (χ3v) is 4.92. The van der Waals surface area contributed by atoms with Crippen LogP contribution in [0.1, 0.15) is 19.5 Å². The van der Waals surface area contributed by atoms with Crippen molar-refractivity contribution in [3.8, 4) is 0 Å². The second-order valence-electron chi connectivity index (χ2n) is 5.14. The van der Waals surface area contributed by atoms with E-state index in [1.54, 1.807) is 20.8 Å². The smallest absolute Gasteiger partial charge is 0.322 e. The van der Waals surface area contributed by atoms with Crippen LogP contribution in [0.3, 0.4) is 0 Å². The van der Waals surface area contributed by atoms with Gasteiger partial charge in [-0.2, -0.15) is 9.82 Å². The van der Waals surface area contributed by atoms with Crippen LogP contribution < -0.4 is 4.72 Å². The van der Waals surface area contributed by atoms with E-state index in [9.17, 15) is 13.2 Å². The first kappa shape index (κ1) is 16.7. The molecule has 120 valence electrons. The maximum Gasteiger partial charge on any atom is 0.322 e. The number of hydrogen-bond acceptors (Lipinski definition) is 5. The summed E-state index contributed by atoms with van der Waals surface area (Å²) in [6.45, 7) is 4.89. The molecule has 1 atom stereocenters. The molecule has 0 spiro atoms. The number of aliphatic carboxylic acids is 1. The molecule has 0 aromatic carbocycles. The quantitative estimate of drug-likeness (QED) is 0.837. The average molecular weight is 347 g/mol. The first-order valence-electron chi connectivity index (χ1n) is 6.39. The highest BCUT2D eigenvalue weighted by Crippen LogP contribution is 2.20. The largest absolute Gasteiger partial charge is 0.480 e. The Balaban J connectivity index is 2.43. The van der Waals surface area contributed by atoms with Crippen LogP contribution in [-0.2, 0) is 14.8 Å². The summed E-state index contributed by atoms with van der Waals surface area (Å²) in [6, 6.07) is -1.23. The van der Waals surface area contributed by atoms with E-state index >= 15 is 0 Å². The summed E-state index contributed by atoms with van der Waals surface area (Å²) in [7, 11) is -4.04. The number of carboxylic acids is 1. The van der Waals surface area contributed by atoms with Gasteiger partial charge >= 0.3 is 5.97 Å². The normalized spacial score (nSPS) is 13.7. The Morgan fingerprint density at radius 3 is 2.64 bits per heavy atom. The summed E-state index contributed by atoms with van der Waals surface area (Å²) in [6.07, 6.45) is 2.35. The molecule has 0 aliphatic carbocycles. The fourth-order valence-corrected chi connectivity index (χ4v) is 3.29. The Kier molecular flexibility index (Phi) is 4.41. The van der Waals surface area contributed by atoms with Crippen molar-refractivity contribution in [2.75, 3.05) is 0 Å². The predicted molar refractivity (Wildman–Crippen MR) is 79.3 cm³/mol. The van der Waals surface area contributed by atoms with Crippen molar-refractivity contribution in [3.63, 3.8) is 0 Å². The van der Waals surface area contributed by atoms with Gasteiger partial charge < -0.3 is 5.11 Å². The van der Waals surface area contributed by atoms with Gasteiger partial charge in [0, 0.05) is 0 Å². The second kappa shape index (κ2) is 5.82. The zero-order valence-electron chi connectivity index (χ0n) is 12.1. The molecule has 0 aliphatic rings. The van der Waals surface area contributed by atoms with Gasteiger partial charge in [0.25, 0.3) is 0 Å². The summed E-state index contributed by atoms with van der Waals surface area (Å²) in [5.74, 6) is -1.66. The lowest BCUT2D eigenvalue weighted by Crippen LogP contribution is -2.44. The van der Waals surface area contributed by atoms with Gasteiger partial charge in [0.2, 0.25) is 10.0 Å². The van der Waals surface area contributed by atoms with Crippen LogP contribution in [0.2, 0.25) is 5.02 Å². The van der Waals surface area contributed by atoms with Crippen LogP contribution in [0.25, 0.3) is 5.65 Å². The lowest BCUT2D eigenvalue weighted by atomic mass is 10.1. The van der Waals surface area contributed by atoms with E-state index in [1.165, 1.54) is 10.7 Å². The molecule has 8 nitrogen and oxygen atoms in total. The van der Waals surface area contributed by atoms with Gasteiger partial charge in [-0.25, -0.2) is 17.9 Å². The molecule has 0 fully saturated rings. The van der Waals surface area contributed by atoms with Crippen molar-refractivity contribution in [2.45, 2.75) is 31.7 Å². The molecule has 0 bridgehead atoms. The van der Waals surface area contributed by atoms with Crippen LogP contribution in [0, 0.1) is 12.8 Å². The third kappa shape index (κ3) is 3.06. The molecule has 2 N–H and O–H groups in total. The molecule has 0 saturated carbocycles. The standard InChI is InChI=1S/C12H15ClN4O4S/c1-6(2)10(12(18)19)16-22(20,21)8-4-14-11-9(13)7(3)15-17(11)5-8/h4-6,10,16H,1-3H3,(H,18,19)/t10-/m1/s1. The van der Waals surface area contributed by atoms with Gasteiger partial charge in [0.05, 0.1) is 18.1 Å². The number of nitrogens with zero attached hydrogens (tertiary/aromatic N) is 3. The molecule has 0 aliphatic heterocycles. The Morgan fingerprint density at radius 2 is 2.09 bits per heavy atom. The molecule has 2 heterocycles. The molecule has 0 radical (unpaired) electrons. The number of aromatic nitrogens is 3. The van der Waals surface area contributed by atoms with Crippen molar-refractivity contribution in [1.29, 1.82) is 0 Å². The lowest BCUT2D eigenvalue weighted by molar-refractivity contribution is -0.140. The molecule has 2 rings (SSSR count). The second-order valence-corrected chi connectivity index (χ2v) is 7.23. The van der Waals surface area contributed by atoms with E-state index < -0.39 is 28.0 Å². The molecular formula is C12H15ClN4O4S. The van der Waals surface area contributed by atoms with Crippen molar-refractivity contribution < 1.29 is 18.3 Å². The highest BCUT2D eigenvalue weighted by molar-refractivity contribution is 7.89. The highest BCUT2D eigenvalue weighted by Gasteiger charge is 2.28. The summed E-state index contributed by atoms with van der Waals surface area (Å²) < 4.78 is 28.0. The summed E-state index contributed by atoms with van der Waals surface area (Å²) in [5.41, 5.74) is 0.846. The van der Waals surface area contributed by atoms with Crippen molar-refractivity contribution in [3.05, 3.63) is 23.1 Å². The maximum atomic E-state index is 12.3. The molecule has 0 amide bonds. The van der Waals surface area contributed by atoms with Gasteiger partial charge in [-0.3, -0.25) is 4.79 Å². The van der Waals surface area contributed by atoms with Crippen LogP contribution in [0.4, 0.5) is 0 Å². The molecule has 0 unspecified atom stereocenters. The van der Waals surface area contributed by atoms with Crippen LogP contribution in [0.15, 0.2) is 17.3 Å². The number of fused-ring (bicyclic) bond motifs is 1. The van der Waals surface area contributed by atoms with E-state index in [0.29, 0.717) is 16.4 Å². The Bertz CT molecular complexity index is 831. The first-order chi connectivity index (χ1) is 10.1. The van der Waals surface area contributed by atoms with Crippen LogP contribution in [0.5, 0.6) is 0 Å². The Morgan fingerprint density at radius 1 is 1.45 bits per heavy atom. The number of halogens is 1. The molecule has 22 heavy (non-hydrogen) atoms. The lowest BCUT2D eigenvalue weighted by Gasteiger charge is -2.17. The van der Waals surface area contributed by atoms with Gasteiger partial charge in [0.15, 0.2) is 5.65 Å². The zero-order chi connectivity index (χ0) is 16.7. The minimum Gasteiger partial charge on any atom is -0.480 e. The minimum atomic E-state index is -4.04. The van der Waals surface area contributed by atoms with E-state index in [1.807, 2.05) is 0 Å². The van der Waals surface area contributed by atoms with Crippen molar-refractivity contribution >= 4 is 33.2 Å². The minimum absolute atomic E-state index is 0.189. The molecule has 0 saturated heterocycles. The van der Waals surface area contributed by atoms with Crippen molar-refractivity contribution in [1.82, 2.24) is 19.3 Å². The summed E-state index contributed by atoms with van der Waals surface area (Å²) in [5, 5.41) is 13.5. The van der Waals surface area contributed by atoms with E-state index in [2.05, 4.69) is 14.8 Å². The number of nitrogens with one attached hydrogen (secondary N) is 1. The number of hydrogen-bond donors (Lipinski definition) is 2. The number of aryl methyl sites for hydroxylation is 1. The molecular weight excluding hydrogens is 332 g/mol. The number of rotatable bonds is 5. The Hall–Kier alpha value is -1.71. The van der Waals surface area contributed by atoms with E-state index in [-0.39, 0.29) is 4.90 Å². The summed E-state index contributed by atoms with van der Waals surface area (Å²) >= 11 is 5.99. The average Bonchev–Trinajstić information content (AvgIpc) is 2.70. The van der Waals surface area contributed by atoms with E-state index in [0.717, 1.165) is 6.20 Å². The zero-order valence-corrected chi connectivity index (χ0v) is 13.7. The van der Waals surface area contributed by atoms with Crippen LogP contribution in [-0.4, -0.2) is 40.1 Å². The number of sulfonamides is 1. The molecule has 10 heteroatoms. The van der Waals surface area contributed by atoms with Gasteiger partial charge in [-0.15, -0.1) is 0 Å². The SMILES string of the molecule is Cc1nn2cc(S(=O)(=O)N[C@@H](C(=O)O)C(C)C)cnc2c1Cl. The molecule has 2 aromatic rings. The van der Waals surface area contributed by atoms with Crippen molar-refractivity contribution in [2.24, 2.45) is 5.92 Å². The Labute approximate surface area is 132 Å². The first-order valence-corrected chi connectivity index (χ1v) is 8.25. The fraction of sp³-hybridized carbons (Fsp3) is 0.417.